The van der Waals surface area contributed by atoms with E-state index in [4.69, 9.17) is 5.73 Å². The van der Waals surface area contributed by atoms with Gasteiger partial charge in [-0.05, 0) is 42.7 Å². The van der Waals surface area contributed by atoms with Gasteiger partial charge in [-0.25, -0.2) is 4.79 Å². The highest BCUT2D eigenvalue weighted by Crippen LogP contribution is 2.14. The van der Waals surface area contributed by atoms with Crippen LogP contribution in [0, 0.1) is 0 Å². The van der Waals surface area contributed by atoms with Gasteiger partial charge in [-0.3, -0.25) is 9.59 Å². The molecule has 0 aliphatic rings. The number of benzene rings is 1. The van der Waals surface area contributed by atoms with Crippen LogP contribution in [0.15, 0.2) is 24.3 Å². The molecular weight excluding hydrogens is 304 g/mol. The molecule has 0 aliphatic heterocycles. The molecule has 4 amide bonds. The highest BCUT2D eigenvalue weighted by atomic mass is 32.2. The Kier molecular flexibility index (Phi) is 7.24. The molecule has 1 aromatic carbocycles. The highest BCUT2D eigenvalue weighted by Gasteiger charge is 2.19. The number of anilines is 2. The molecule has 0 aromatic heterocycles. The molecule has 5 N–H and O–H groups in total. The van der Waals surface area contributed by atoms with Gasteiger partial charge < -0.3 is 21.7 Å². The monoisotopic (exact) mass is 324 g/mol. The van der Waals surface area contributed by atoms with Crippen molar-refractivity contribution in [1.82, 2.24) is 5.32 Å². The molecule has 0 fully saturated rings. The molecule has 0 bridgehead atoms. The SMILES string of the molecule is CSCC[C@@H](NC(N)=O)C(=O)Nc1ccc(NC(C)=O)cc1. The smallest absolute Gasteiger partial charge is 0.312 e. The van der Waals surface area contributed by atoms with E-state index in [-0.39, 0.29) is 11.8 Å². The van der Waals surface area contributed by atoms with E-state index in [0.29, 0.717) is 17.8 Å². The molecule has 1 rings (SSSR count). The number of amides is 4. The molecular formula is C14H20N4O3S. The molecule has 0 saturated carbocycles. The average molecular weight is 324 g/mol. The summed E-state index contributed by atoms with van der Waals surface area (Å²) in [6, 6.07) is 5.27. The topological polar surface area (TPSA) is 113 Å². The Bertz CT molecular complexity index is 533. The van der Waals surface area contributed by atoms with Crippen molar-refractivity contribution in [3.8, 4) is 0 Å². The zero-order valence-electron chi connectivity index (χ0n) is 12.5. The minimum atomic E-state index is -0.734. The van der Waals surface area contributed by atoms with Gasteiger partial charge in [0.1, 0.15) is 6.04 Å². The first-order chi connectivity index (χ1) is 10.4. The minimum Gasteiger partial charge on any atom is -0.352 e. The molecule has 7 nitrogen and oxygen atoms in total. The Labute approximate surface area is 133 Å². The molecule has 0 heterocycles. The summed E-state index contributed by atoms with van der Waals surface area (Å²) in [5.74, 6) is 0.222. The predicted molar refractivity (Wildman–Crippen MR) is 88.9 cm³/mol. The summed E-state index contributed by atoms with van der Waals surface area (Å²) >= 11 is 1.58. The lowest BCUT2D eigenvalue weighted by Gasteiger charge is -2.17. The van der Waals surface area contributed by atoms with Crippen LogP contribution < -0.4 is 21.7 Å². The van der Waals surface area contributed by atoms with Crippen molar-refractivity contribution in [2.75, 3.05) is 22.6 Å². The fraction of sp³-hybridized carbons (Fsp3) is 0.357. The quantitative estimate of drug-likeness (QED) is 0.606. The molecule has 0 radical (unpaired) electrons. The number of hydrogen-bond donors (Lipinski definition) is 4. The fourth-order valence-corrected chi connectivity index (χ4v) is 2.22. The van der Waals surface area contributed by atoms with E-state index in [1.54, 1.807) is 36.0 Å². The lowest BCUT2D eigenvalue weighted by molar-refractivity contribution is -0.118. The molecule has 0 spiro atoms. The van der Waals surface area contributed by atoms with Crippen molar-refractivity contribution in [1.29, 1.82) is 0 Å². The second-order valence-electron chi connectivity index (χ2n) is 4.59. The maximum Gasteiger partial charge on any atom is 0.312 e. The maximum atomic E-state index is 12.2. The number of nitrogens with one attached hydrogen (secondary N) is 3. The number of nitrogens with two attached hydrogens (primary N) is 1. The van der Waals surface area contributed by atoms with Gasteiger partial charge >= 0.3 is 6.03 Å². The van der Waals surface area contributed by atoms with Crippen molar-refractivity contribution in [3.63, 3.8) is 0 Å². The Morgan fingerprint density at radius 1 is 1.14 bits per heavy atom. The summed E-state index contributed by atoms with van der Waals surface area (Å²) in [5.41, 5.74) is 6.29. The first kappa shape index (κ1) is 17.8. The van der Waals surface area contributed by atoms with Gasteiger partial charge in [0, 0.05) is 18.3 Å². The molecule has 22 heavy (non-hydrogen) atoms. The Hall–Kier alpha value is -2.22. The van der Waals surface area contributed by atoms with E-state index in [9.17, 15) is 14.4 Å². The summed E-state index contributed by atoms with van der Waals surface area (Å²) in [7, 11) is 0. The Balaban J connectivity index is 2.67. The standard InChI is InChI=1S/C14H20N4O3S/c1-9(19)16-10-3-5-11(6-4-10)17-13(20)12(7-8-22-2)18-14(15)21/h3-6,12H,7-8H2,1-2H3,(H,16,19)(H,17,20)(H3,15,18,21)/t12-/m1/s1. The van der Waals surface area contributed by atoms with Crippen LogP contribution in [0.3, 0.4) is 0 Å². The van der Waals surface area contributed by atoms with Crippen LogP contribution in [0.4, 0.5) is 16.2 Å². The van der Waals surface area contributed by atoms with E-state index in [2.05, 4.69) is 16.0 Å². The molecule has 1 aromatic rings. The van der Waals surface area contributed by atoms with Crippen LogP contribution >= 0.6 is 11.8 Å². The molecule has 120 valence electrons. The third-order valence-corrected chi connectivity index (χ3v) is 3.36. The molecule has 0 saturated heterocycles. The van der Waals surface area contributed by atoms with Gasteiger partial charge in [-0.1, -0.05) is 0 Å². The van der Waals surface area contributed by atoms with Crippen molar-refractivity contribution in [2.45, 2.75) is 19.4 Å². The molecule has 1 atom stereocenters. The normalized spacial score (nSPS) is 11.4. The van der Waals surface area contributed by atoms with Crippen molar-refractivity contribution in [3.05, 3.63) is 24.3 Å². The van der Waals surface area contributed by atoms with Gasteiger partial charge in [0.2, 0.25) is 11.8 Å². The molecule has 8 heteroatoms. The highest BCUT2D eigenvalue weighted by molar-refractivity contribution is 7.98. The third-order valence-electron chi connectivity index (χ3n) is 2.72. The van der Waals surface area contributed by atoms with Gasteiger partial charge in [-0.15, -0.1) is 0 Å². The number of hydrogen-bond acceptors (Lipinski definition) is 4. The van der Waals surface area contributed by atoms with E-state index < -0.39 is 12.1 Å². The third kappa shape index (κ3) is 6.49. The van der Waals surface area contributed by atoms with Crippen LogP contribution in [-0.4, -0.2) is 35.9 Å². The largest absolute Gasteiger partial charge is 0.352 e. The second kappa shape index (κ2) is 8.93. The summed E-state index contributed by atoms with van der Waals surface area (Å²) < 4.78 is 0. The first-order valence-corrected chi connectivity index (χ1v) is 8.05. The number of urea groups is 1. The number of primary amides is 1. The second-order valence-corrected chi connectivity index (χ2v) is 5.58. The van der Waals surface area contributed by atoms with E-state index in [1.807, 2.05) is 6.26 Å². The predicted octanol–water partition coefficient (Wildman–Crippen LogP) is 1.37. The lowest BCUT2D eigenvalue weighted by Crippen LogP contribution is -2.46. The molecule has 0 unspecified atom stereocenters. The summed E-state index contributed by atoms with van der Waals surface area (Å²) in [6.45, 7) is 1.42. The van der Waals surface area contributed by atoms with Crippen LogP contribution in [0.5, 0.6) is 0 Å². The van der Waals surface area contributed by atoms with Gasteiger partial charge in [-0.2, -0.15) is 11.8 Å². The van der Waals surface area contributed by atoms with Crippen LogP contribution in [-0.2, 0) is 9.59 Å². The van der Waals surface area contributed by atoms with Crippen molar-refractivity contribution >= 4 is 41.0 Å². The van der Waals surface area contributed by atoms with E-state index >= 15 is 0 Å². The Morgan fingerprint density at radius 2 is 1.68 bits per heavy atom. The zero-order chi connectivity index (χ0) is 16.5. The van der Waals surface area contributed by atoms with Crippen molar-refractivity contribution < 1.29 is 14.4 Å². The summed E-state index contributed by atoms with van der Waals surface area (Å²) in [4.78, 5) is 34.1. The minimum absolute atomic E-state index is 0.167. The van der Waals surface area contributed by atoms with Crippen molar-refractivity contribution in [2.24, 2.45) is 5.73 Å². The molecule has 0 aliphatic carbocycles. The maximum absolute atomic E-state index is 12.2. The zero-order valence-corrected chi connectivity index (χ0v) is 13.3. The number of carbonyl (C=O) groups excluding carboxylic acids is 3. The fourth-order valence-electron chi connectivity index (χ4n) is 1.75. The summed E-state index contributed by atoms with van der Waals surface area (Å²) in [5, 5.41) is 7.77. The number of rotatable bonds is 7. The summed E-state index contributed by atoms with van der Waals surface area (Å²) in [6.07, 6.45) is 2.40. The Morgan fingerprint density at radius 3 is 2.14 bits per heavy atom. The van der Waals surface area contributed by atoms with Gasteiger partial charge in [0.05, 0.1) is 0 Å². The van der Waals surface area contributed by atoms with Crippen LogP contribution in [0.25, 0.3) is 0 Å². The average Bonchev–Trinajstić information content (AvgIpc) is 2.44. The number of thioether (sulfide) groups is 1. The van der Waals surface area contributed by atoms with E-state index in [0.717, 1.165) is 5.75 Å². The lowest BCUT2D eigenvalue weighted by atomic mass is 10.2. The first-order valence-electron chi connectivity index (χ1n) is 6.65. The van der Waals surface area contributed by atoms with E-state index in [1.165, 1.54) is 6.92 Å². The van der Waals surface area contributed by atoms with Crippen LogP contribution in [0.2, 0.25) is 0 Å². The van der Waals surface area contributed by atoms with Crippen LogP contribution in [0.1, 0.15) is 13.3 Å². The number of carbonyl (C=O) groups is 3. The van der Waals surface area contributed by atoms with Gasteiger partial charge in [0.25, 0.3) is 0 Å². The van der Waals surface area contributed by atoms with Gasteiger partial charge in [0.15, 0.2) is 0 Å².